The summed E-state index contributed by atoms with van der Waals surface area (Å²) in [6.45, 7) is 8.87. The number of aryl methyl sites for hydroxylation is 3. The van der Waals surface area contributed by atoms with E-state index in [0.29, 0.717) is 0 Å². The van der Waals surface area contributed by atoms with Crippen LogP contribution in [0.5, 0.6) is 5.75 Å². The zero-order valence-corrected chi connectivity index (χ0v) is 12.9. The number of hydrogen-bond acceptors (Lipinski definition) is 4. The highest BCUT2D eigenvalue weighted by atomic mass is 16.5. The van der Waals surface area contributed by atoms with Crippen molar-refractivity contribution in [2.75, 3.05) is 7.11 Å². The molecule has 0 radical (unpaired) electrons. The number of furan rings is 1. The Balaban J connectivity index is 2.52. The zero-order valence-electron chi connectivity index (χ0n) is 12.9. The summed E-state index contributed by atoms with van der Waals surface area (Å²) in [5.41, 5.74) is 9.51. The van der Waals surface area contributed by atoms with Gasteiger partial charge in [-0.3, -0.25) is 4.68 Å². The molecule has 1 atom stereocenters. The minimum Gasteiger partial charge on any atom is -0.493 e. The second-order valence-electron chi connectivity index (χ2n) is 5.05. The van der Waals surface area contributed by atoms with E-state index in [1.807, 2.05) is 25.5 Å². The highest BCUT2D eigenvalue weighted by Gasteiger charge is 2.25. The number of nitrogens with two attached hydrogens (primary N) is 1. The Morgan fingerprint density at radius 2 is 2.05 bits per heavy atom. The third-order valence-corrected chi connectivity index (χ3v) is 3.72. The number of aromatic nitrogens is 2. The SMILES string of the molecule is CCCn1ncc(OC)c1C(N)c1c(C)oc(C)c1C. The lowest BCUT2D eigenvalue weighted by Gasteiger charge is -2.16. The summed E-state index contributed by atoms with van der Waals surface area (Å²) in [5.74, 6) is 2.50. The zero-order chi connectivity index (χ0) is 14.9. The van der Waals surface area contributed by atoms with Crippen LogP contribution in [0, 0.1) is 20.8 Å². The van der Waals surface area contributed by atoms with Gasteiger partial charge in [-0.05, 0) is 32.8 Å². The Kier molecular flexibility index (Phi) is 4.18. The van der Waals surface area contributed by atoms with E-state index in [1.54, 1.807) is 13.3 Å². The standard InChI is InChI=1S/C15H23N3O2/c1-6-7-18-15(12(19-5)8-17-18)14(16)13-9(2)10(3)20-11(13)4/h8,14H,6-7,16H2,1-5H3. The molecule has 0 saturated carbocycles. The smallest absolute Gasteiger partial charge is 0.161 e. The average Bonchev–Trinajstić information content (AvgIpc) is 2.91. The van der Waals surface area contributed by atoms with Gasteiger partial charge in [0.1, 0.15) is 17.2 Å². The molecular formula is C15H23N3O2. The normalized spacial score (nSPS) is 12.7. The van der Waals surface area contributed by atoms with Crippen LogP contribution in [0.25, 0.3) is 0 Å². The molecule has 0 bridgehead atoms. The van der Waals surface area contributed by atoms with Crippen LogP contribution >= 0.6 is 0 Å². The molecule has 2 aromatic rings. The predicted molar refractivity (Wildman–Crippen MR) is 78.0 cm³/mol. The molecule has 0 saturated heterocycles. The van der Waals surface area contributed by atoms with Crippen molar-refractivity contribution < 1.29 is 9.15 Å². The van der Waals surface area contributed by atoms with Gasteiger partial charge in [0.05, 0.1) is 19.3 Å². The quantitative estimate of drug-likeness (QED) is 0.912. The number of ether oxygens (including phenoxy) is 1. The summed E-state index contributed by atoms with van der Waals surface area (Å²) in [7, 11) is 1.64. The molecule has 0 amide bonds. The van der Waals surface area contributed by atoms with E-state index in [2.05, 4.69) is 12.0 Å². The second kappa shape index (κ2) is 5.71. The van der Waals surface area contributed by atoms with Gasteiger partial charge < -0.3 is 14.9 Å². The minimum atomic E-state index is -0.295. The Morgan fingerprint density at radius 1 is 1.35 bits per heavy atom. The van der Waals surface area contributed by atoms with Crippen LogP contribution < -0.4 is 10.5 Å². The van der Waals surface area contributed by atoms with E-state index in [0.717, 1.165) is 47.1 Å². The molecule has 2 rings (SSSR count). The van der Waals surface area contributed by atoms with Crippen LogP contribution in [0.3, 0.4) is 0 Å². The van der Waals surface area contributed by atoms with Crippen LogP contribution in [-0.4, -0.2) is 16.9 Å². The van der Waals surface area contributed by atoms with Crippen molar-refractivity contribution in [1.29, 1.82) is 0 Å². The Labute approximate surface area is 119 Å². The van der Waals surface area contributed by atoms with Gasteiger partial charge in [0.15, 0.2) is 5.75 Å². The maximum Gasteiger partial charge on any atom is 0.161 e. The van der Waals surface area contributed by atoms with E-state index in [9.17, 15) is 0 Å². The van der Waals surface area contributed by atoms with Crippen molar-refractivity contribution in [1.82, 2.24) is 9.78 Å². The summed E-state index contributed by atoms with van der Waals surface area (Å²) >= 11 is 0. The number of rotatable bonds is 5. The van der Waals surface area contributed by atoms with Crippen molar-refractivity contribution in [2.45, 2.75) is 46.7 Å². The first-order valence-corrected chi connectivity index (χ1v) is 6.93. The molecule has 0 aliphatic carbocycles. The molecule has 5 nitrogen and oxygen atoms in total. The summed E-state index contributed by atoms with van der Waals surface area (Å²) in [5, 5.41) is 4.37. The van der Waals surface area contributed by atoms with Crippen LogP contribution in [0.4, 0.5) is 0 Å². The molecule has 2 N–H and O–H groups in total. The largest absolute Gasteiger partial charge is 0.493 e. The van der Waals surface area contributed by atoms with Crippen LogP contribution in [0.1, 0.15) is 47.7 Å². The number of methoxy groups -OCH3 is 1. The van der Waals surface area contributed by atoms with Gasteiger partial charge >= 0.3 is 0 Å². The fraction of sp³-hybridized carbons (Fsp3) is 0.533. The first-order valence-electron chi connectivity index (χ1n) is 6.93. The van der Waals surface area contributed by atoms with Crippen molar-refractivity contribution in [3.8, 4) is 5.75 Å². The van der Waals surface area contributed by atoms with Crippen molar-refractivity contribution >= 4 is 0 Å². The maximum atomic E-state index is 6.48. The van der Waals surface area contributed by atoms with Crippen molar-refractivity contribution in [3.63, 3.8) is 0 Å². The van der Waals surface area contributed by atoms with Crippen molar-refractivity contribution in [2.24, 2.45) is 5.73 Å². The van der Waals surface area contributed by atoms with Gasteiger partial charge in [0.2, 0.25) is 0 Å². The highest BCUT2D eigenvalue weighted by molar-refractivity contribution is 5.42. The lowest BCUT2D eigenvalue weighted by atomic mass is 9.99. The molecule has 5 heteroatoms. The van der Waals surface area contributed by atoms with Gasteiger partial charge in [-0.2, -0.15) is 5.10 Å². The van der Waals surface area contributed by atoms with Gasteiger partial charge in [-0.15, -0.1) is 0 Å². The van der Waals surface area contributed by atoms with Gasteiger partial charge in [-0.25, -0.2) is 0 Å². The molecular weight excluding hydrogens is 254 g/mol. The van der Waals surface area contributed by atoms with Crippen molar-refractivity contribution in [3.05, 3.63) is 34.5 Å². The van der Waals surface area contributed by atoms with Gasteiger partial charge in [-0.1, -0.05) is 6.92 Å². The lowest BCUT2D eigenvalue weighted by molar-refractivity contribution is 0.403. The van der Waals surface area contributed by atoms with E-state index in [-0.39, 0.29) is 6.04 Å². The molecule has 0 spiro atoms. The van der Waals surface area contributed by atoms with E-state index >= 15 is 0 Å². The molecule has 0 aromatic carbocycles. The van der Waals surface area contributed by atoms with Gasteiger partial charge in [0, 0.05) is 12.1 Å². The predicted octanol–water partition coefficient (Wildman–Crippen LogP) is 2.87. The van der Waals surface area contributed by atoms with E-state index < -0.39 is 0 Å². The second-order valence-corrected chi connectivity index (χ2v) is 5.05. The topological polar surface area (TPSA) is 66.2 Å². The van der Waals surface area contributed by atoms with E-state index in [4.69, 9.17) is 14.9 Å². The van der Waals surface area contributed by atoms with E-state index in [1.165, 1.54) is 0 Å². The Morgan fingerprint density at radius 3 is 2.55 bits per heavy atom. The van der Waals surface area contributed by atoms with Crippen LogP contribution in [0.2, 0.25) is 0 Å². The fourth-order valence-corrected chi connectivity index (χ4v) is 2.64. The van der Waals surface area contributed by atoms with Crippen LogP contribution in [0.15, 0.2) is 10.6 Å². The third kappa shape index (κ3) is 2.33. The fourth-order valence-electron chi connectivity index (χ4n) is 2.64. The average molecular weight is 277 g/mol. The monoisotopic (exact) mass is 277 g/mol. The van der Waals surface area contributed by atoms with Gasteiger partial charge in [0.25, 0.3) is 0 Å². The first kappa shape index (κ1) is 14.7. The maximum absolute atomic E-state index is 6.48. The molecule has 110 valence electrons. The molecule has 0 fully saturated rings. The number of hydrogen-bond donors (Lipinski definition) is 1. The summed E-state index contributed by atoms with van der Waals surface area (Å²) in [6.07, 6.45) is 2.72. The molecule has 0 aliphatic rings. The summed E-state index contributed by atoms with van der Waals surface area (Å²) in [6, 6.07) is -0.295. The number of nitrogens with zero attached hydrogens (tertiary/aromatic N) is 2. The Hall–Kier alpha value is -1.75. The Bertz CT molecular complexity index is 599. The minimum absolute atomic E-state index is 0.295. The first-order chi connectivity index (χ1) is 9.51. The summed E-state index contributed by atoms with van der Waals surface area (Å²) in [4.78, 5) is 0. The summed E-state index contributed by atoms with van der Waals surface area (Å²) < 4.78 is 13.0. The molecule has 2 aromatic heterocycles. The van der Waals surface area contributed by atoms with Crippen LogP contribution in [-0.2, 0) is 6.54 Å². The molecule has 2 heterocycles. The lowest BCUT2D eigenvalue weighted by Crippen LogP contribution is -2.19. The molecule has 20 heavy (non-hydrogen) atoms. The molecule has 0 aliphatic heterocycles. The highest BCUT2D eigenvalue weighted by Crippen LogP contribution is 2.34. The third-order valence-electron chi connectivity index (χ3n) is 3.72. The molecule has 1 unspecified atom stereocenters.